The molecule has 2 heterocycles. The van der Waals surface area contributed by atoms with Crippen LogP contribution in [0.5, 0.6) is 0 Å². The van der Waals surface area contributed by atoms with Crippen LogP contribution in [0.15, 0.2) is 30.3 Å². The van der Waals surface area contributed by atoms with Crippen LogP contribution >= 0.6 is 0 Å². The van der Waals surface area contributed by atoms with Crippen LogP contribution in [0.3, 0.4) is 0 Å². The smallest absolute Gasteiger partial charge is 0.321 e. The molecule has 1 aromatic rings. The van der Waals surface area contributed by atoms with Crippen LogP contribution in [0.2, 0.25) is 0 Å². The van der Waals surface area contributed by atoms with E-state index < -0.39 is 6.10 Å². The number of esters is 1. The van der Waals surface area contributed by atoms with E-state index in [9.17, 15) is 14.4 Å². The van der Waals surface area contributed by atoms with Crippen molar-refractivity contribution in [2.24, 2.45) is 5.92 Å². The molecule has 2 saturated heterocycles. The van der Waals surface area contributed by atoms with Crippen LogP contribution in [0, 0.1) is 5.92 Å². The summed E-state index contributed by atoms with van der Waals surface area (Å²) >= 11 is 0. The fourth-order valence-electron chi connectivity index (χ4n) is 3.56. The van der Waals surface area contributed by atoms with Gasteiger partial charge in [0.15, 0.2) is 6.10 Å². The van der Waals surface area contributed by atoms with Gasteiger partial charge in [-0.2, -0.15) is 0 Å². The highest BCUT2D eigenvalue weighted by Gasteiger charge is 2.32. The minimum atomic E-state index is -0.741. The molecular weight excluding hydrogens is 346 g/mol. The van der Waals surface area contributed by atoms with Crippen LogP contribution in [0.25, 0.3) is 0 Å². The Hall–Kier alpha value is -2.57. The summed E-state index contributed by atoms with van der Waals surface area (Å²) < 4.78 is 5.41. The van der Waals surface area contributed by atoms with E-state index in [1.54, 1.807) is 16.7 Å². The molecule has 7 heteroatoms. The molecule has 1 unspecified atom stereocenters. The van der Waals surface area contributed by atoms with E-state index in [0.29, 0.717) is 25.9 Å². The monoisotopic (exact) mass is 373 g/mol. The van der Waals surface area contributed by atoms with Gasteiger partial charge in [0.1, 0.15) is 0 Å². The summed E-state index contributed by atoms with van der Waals surface area (Å²) in [5, 5.41) is 2.85. The summed E-state index contributed by atoms with van der Waals surface area (Å²) in [6.07, 6.45) is 2.37. The number of amides is 3. The normalized spacial score (nSPS) is 18.9. The Morgan fingerprint density at radius 1 is 1.00 bits per heavy atom. The van der Waals surface area contributed by atoms with Crippen LogP contribution in [-0.4, -0.2) is 60.0 Å². The third-order valence-electron chi connectivity index (χ3n) is 5.20. The quantitative estimate of drug-likeness (QED) is 0.823. The molecule has 2 fully saturated rings. The van der Waals surface area contributed by atoms with Gasteiger partial charge in [0.2, 0.25) is 0 Å². The predicted molar refractivity (Wildman–Crippen MR) is 101 cm³/mol. The van der Waals surface area contributed by atoms with Crippen LogP contribution in [0.1, 0.15) is 32.6 Å². The largest absolute Gasteiger partial charge is 0.452 e. The van der Waals surface area contributed by atoms with Gasteiger partial charge in [-0.1, -0.05) is 18.2 Å². The third kappa shape index (κ3) is 4.99. The number of hydrogen-bond acceptors (Lipinski definition) is 4. The van der Waals surface area contributed by atoms with Crippen molar-refractivity contribution >= 4 is 23.6 Å². The maximum absolute atomic E-state index is 12.4. The summed E-state index contributed by atoms with van der Waals surface area (Å²) in [5.41, 5.74) is 0.748. The van der Waals surface area contributed by atoms with E-state index in [0.717, 1.165) is 31.6 Å². The van der Waals surface area contributed by atoms with Gasteiger partial charge in [-0.3, -0.25) is 9.59 Å². The Labute approximate surface area is 159 Å². The second-order valence-corrected chi connectivity index (χ2v) is 7.17. The van der Waals surface area contributed by atoms with Gasteiger partial charge < -0.3 is 19.9 Å². The number of carbonyl (C=O) groups is 3. The average molecular weight is 373 g/mol. The molecule has 1 atom stereocenters. The van der Waals surface area contributed by atoms with Crippen LogP contribution in [0.4, 0.5) is 10.5 Å². The number of hydrogen-bond donors (Lipinski definition) is 1. The van der Waals surface area contributed by atoms with E-state index in [-0.39, 0.29) is 23.8 Å². The van der Waals surface area contributed by atoms with Gasteiger partial charge in [-0.25, -0.2) is 4.79 Å². The molecule has 0 spiro atoms. The van der Waals surface area contributed by atoms with Crippen molar-refractivity contribution in [1.82, 2.24) is 9.80 Å². The number of likely N-dealkylation sites (tertiary alicyclic amines) is 2. The van der Waals surface area contributed by atoms with Gasteiger partial charge in [0.25, 0.3) is 5.91 Å². The zero-order valence-electron chi connectivity index (χ0n) is 15.7. The minimum Gasteiger partial charge on any atom is -0.452 e. The van der Waals surface area contributed by atoms with Gasteiger partial charge in [0, 0.05) is 31.9 Å². The molecule has 1 aromatic carbocycles. The summed E-state index contributed by atoms with van der Waals surface area (Å²) in [6, 6.07) is 9.12. The highest BCUT2D eigenvalue weighted by atomic mass is 16.5. The van der Waals surface area contributed by atoms with Gasteiger partial charge in [0.05, 0.1) is 5.92 Å². The van der Waals surface area contributed by atoms with E-state index in [4.69, 9.17) is 4.74 Å². The molecule has 0 saturated carbocycles. The second kappa shape index (κ2) is 8.88. The van der Waals surface area contributed by atoms with Crippen LogP contribution in [-0.2, 0) is 14.3 Å². The van der Waals surface area contributed by atoms with E-state index in [2.05, 4.69) is 5.32 Å². The highest BCUT2D eigenvalue weighted by Crippen LogP contribution is 2.21. The minimum absolute atomic E-state index is 0.111. The van der Waals surface area contributed by atoms with Crippen molar-refractivity contribution in [3.63, 3.8) is 0 Å². The lowest BCUT2D eigenvalue weighted by atomic mass is 9.97. The zero-order valence-corrected chi connectivity index (χ0v) is 15.7. The number of benzene rings is 1. The number of para-hydroxylation sites is 1. The predicted octanol–water partition coefficient (Wildman–Crippen LogP) is 2.48. The average Bonchev–Trinajstić information content (AvgIpc) is 3.23. The maximum Gasteiger partial charge on any atom is 0.321 e. The lowest BCUT2D eigenvalue weighted by molar-refractivity contribution is -0.163. The molecule has 0 aromatic heterocycles. The van der Waals surface area contributed by atoms with Crippen molar-refractivity contribution in [2.45, 2.75) is 38.7 Å². The topological polar surface area (TPSA) is 79.0 Å². The van der Waals surface area contributed by atoms with E-state index >= 15 is 0 Å². The molecule has 2 aliphatic rings. The summed E-state index contributed by atoms with van der Waals surface area (Å²) in [7, 11) is 0. The van der Waals surface area contributed by atoms with Crippen LogP contribution < -0.4 is 5.32 Å². The van der Waals surface area contributed by atoms with Crippen molar-refractivity contribution in [1.29, 1.82) is 0 Å². The number of piperidine rings is 1. The number of nitrogens with one attached hydrogen (secondary N) is 1. The third-order valence-corrected chi connectivity index (χ3v) is 5.20. The van der Waals surface area contributed by atoms with E-state index in [1.165, 1.54) is 0 Å². The summed E-state index contributed by atoms with van der Waals surface area (Å²) in [5.74, 6) is -0.710. The Bertz CT molecular complexity index is 665. The molecule has 146 valence electrons. The van der Waals surface area contributed by atoms with E-state index in [1.807, 2.05) is 30.3 Å². The van der Waals surface area contributed by atoms with Gasteiger partial charge in [-0.15, -0.1) is 0 Å². The Morgan fingerprint density at radius 2 is 1.63 bits per heavy atom. The van der Waals surface area contributed by atoms with Gasteiger partial charge >= 0.3 is 12.0 Å². The number of rotatable bonds is 4. The number of urea groups is 1. The molecule has 3 rings (SSSR count). The van der Waals surface area contributed by atoms with Crippen molar-refractivity contribution in [2.75, 3.05) is 31.5 Å². The fourth-order valence-corrected chi connectivity index (χ4v) is 3.56. The molecule has 1 N–H and O–H groups in total. The first kappa shape index (κ1) is 19.2. The maximum atomic E-state index is 12.4. The standard InChI is InChI=1S/C20H27N3O4/c1-15(18(24)22-11-5-6-12-22)27-19(25)16-9-13-23(14-10-16)20(26)21-17-7-3-2-4-8-17/h2-4,7-8,15-16H,5-6,9-14H2,1H3,(H,21,26). The fraction of sp³-hybridized carbons (Fsp3) is 0.550. The lowest BCUT2D eigenvalue weighted by Crippen LogP contribution is -2.44. The van der Waals surface area contributed by atoms with Crippen molar-refractivity contribution in [3.8, 4) is 0 Å². The first-order valence-electron chi connectivity index (χ1n) is 9.65. The molecule has 2 aliphatic heterocycles. The number of carbonyl (C=O) groups excluding carboxylic acids is 3. The summed E-state index contributed by atoms with van der Waals surface area (Å²) in [4.78, 5) is 40.4. The second-order valence-electron chi connectivity index (χ2n) is 7.17. The van der Waals surface area contributed by atoms with Crippen molar-refractivity contribution < 1.29 is 19.1 Å². The Balaban J connectivity index is 1.43. The molecule has 0 bridgehead atoms. The lowest BCUT2D eigenvalue weighted by Gasteiger charge is -2.31. The highest BCUT2D eigenvalue weighted by molar-refractivity contribution is 5.89. The Kier molecular flexibility index (Phi) is 6.32. The molecule has 0 radical (unpaired) electrons. The zero-order chi connectivity index (χ0) is 19.2. The number of anilines is 1. The molecule has 0 aliphatic carbocycles. The number of ether oxygens (including phenoxy) is 1. The summed E-state index contributed by atoms with van der Waals surface area (Å²) in [6.45, 7) is 4.12. The first-order chi connectivity index (χ1) is 13.0. The van der Waals surface area contributed by atoms with Crippen molar-refractivity contribution in [3.05, 3.63) is 30.3 Å². The van der Waals surface area contributed by atoms with Gasteiger partial charge in [-0.05, 0) is 44.7 Å². The molecule has 7 nitrogen and oxygen atoms in total. The first-order valence-corrected chi connectivity index (χ1v) is 9.65. The molecular formula is C20H27N3O4. The number of nitrogens with zero attached hydrogens (tertiary/aromatic N) is 2. The molecule has 27 heavy (non-hydrogen) atoms. The SMILES string of the molecule is CC(OC(=O)C1CCN(C(=O)Nc2ccccc2)CC1)C(=O)N1CCCC1. The Morgan fingerprint density at radius 3 is 2.26 bits per heavy atom. The molecule has 3 amide bonds.